The second-order valence-electron chi connectivity index (χ2n) is 2.79. The van der Waals surface area contributed by atoms with E-state index in [-0.39, 0.29) is 5.78 Å². The maximum atomic E-state index is 11.5. The van der Waals surface area contributed by atoms with Gasteiger partial charge in [0.1, 0.15) is 0 Å². The van der Waals surface area contributed by atoms with Gasteiger partial charge in [0.2, 0.25) is 0 Å². The van der Waals surface area contributed by atoms with Gasteiger partial charge in [-0.15, -0.1) is 0 Å². The third-order valence-corrected chi connectivity index (χ3v) is 3.00. The van der Waals surface area contributed by atoms with E-state index in [2.05, 4.69) is 0 Å². The van der Waals surface area contributed by atoms with Crippen LogP contribution in [0.25, 0.3) is 0 Å². The zero-order valence-corrected chi connectivity index (χ0v) is 7.67. The van der Waals surface area contributed by atoms with Crippen molar-refractivity contribution in [3.63, 3.8) is 0 Å². The molecule has 0 atom stereocenters. The lowest BCUT2D eigenvalue weighted by molar-refractivity contribution is 0.0990. The molecule has 13 heavy (non-hydrogen) atoms. The van der Waals surface area contributed by atoms with Crippen LogP contribution in [-0.4, -0.2) is 10.9 Å². The molecule has 0 radical (unpaired) electrons. The molecule has 0 saturated carbocycles. The van der Waals surface area contributed by atoms with Gasteiger partial charge in [-0.3, -0.25) is 4.79 Å². The minimum absolute atomic E-state index is 0.0784. The Kier molecular flexibility index (Phi) is 2.10. The zero-order chi connectivity index (χ0) is 9.26. The first-order chi connectivity index (χ1) is 6.31. The summed E-state index contributed by atoms with van der Waals surface area (Å²) in [6.07, 6.45) is 1.33. The Balaban J connectivity index is 2.48. The Morgan fingerprint density at radius 3 is 2.92 bits per heavy atom. The molecule has 0 fully saturated rings. The van der Waals surface area contributed by atoms with Crippen LogP contribution in [0.5, 0.6) is 0 Å². The molecule has 1 aromatic carbocycles. The van der Waals surface area contributed by atoms with Crippen LogP contribution in [0.3, 0.4) is 0 Å². The first kappa shape index (κ1) is 8.38. The molecule has 1 aliphatic heterocycles. The van der Waals surface area contributed by atoms with Crippen LogP contribution in [0.4, 0.5) is 0 Å². The van der Waals surface area contributed by atoms with Gasteiger partial charge >= 0.3 is 0 Å². The number of aliphatic hydroxyl groups is 1. The predicted molar refractivity (Wildman–Crippen MR) is 52.0 cm³/mol. The number of thioether (sulfide) groups is 1. The Morgan fingerprint density at radius 2 is 2.15 bits per heavy atom. The Hall–Kier alpha value is -1.22. The molecular weight excluding hydrogens is 184 g/mol. The van der Waals surface area contributed by atoms with Crippen molar-refractivity contribution in [2.24, 2.45) is 0 Å². The fraction of sp³-hybridized carbons (Fsp3) is 0.100. The van der Waals surface area contributed by atoms with Gasteiger partial charge in [0, 0.05) is 21.8 Å². The molecule has 2 nitrogen and oxygen atoms in total. The van der Waals surface area contributed by atoms with Gasteiger partial charge in [0.05, 0.1) is 6.26 Å². The number of rotatable bonds is 0. The van der Waals surface area contributed by atoms with Gasteiger partial charge in [-0.25, -0.2) is 0 Å². The third kappa shape index (κ3) is 1.47. The minimum atomic E-state index is 0.0784. The summed E-state index contributed by atoms with van der Waals surface area (Å²) in [7, 11) is 0. The molecule has 1 heterocycles. The van der Waals surface area contributed by atoms with Crippen molar-refractivity contribution in [1.29, 1.82) is 0 Å². The monoisotopic (exact) mass is 192 g/mol. The van der Waals surface area contributed by atoms with Crippen molar-refractivity contribution in [1.82, 2.24) is 0 Å². The van der Waals surface area contributed by atoms with Crippen LogP contribution in [0.1, 0.15) is 16.8 Å². The lowest BCUT2D eigenvalue weighted by Crippen LogP contribution is -2.06. The maximum Gasteiger partial charge on any atom is 0.169 e. The number of benzene rings is 1. The highest BCUT2D eigenvalue weighted by molar-refractivity contribution is 8.03. The minimum Gasteiger partial charge on any atom is -0.515 e. The van der Waals surface area contributed by atoms with Crippen LogP contribution >= 0.6 is 11.8 Å². The van der Waals surface area contributed by atoms with Gasteiger partial charge in [-0.2, -0.15) is 0 Å². The van der Waals surface area contributed by atoms with Gasteiger partial charge in [0.25, 0.3) is 0 Å². The predicted octanol–water partition coefficient (Wildman–Crippen LogP) is 2.76. The molecule has 0 saturated heterocycles. The molecule has 0 aromatic heterocycles. The largest absolute Gasteiger partial charge is 0.515 e. The van der Waals surface area contributed by atoms with E-state index >= 15 is 0 Å². The number of fused-ring (bicyclic) bond motifs is 1. The summed E-state index contributed by atoms with van der Waals surface area (Å²) in [5.41, 5.74) is 0.762. The number of hydrogen-bond acceptors (Lipinski definition) is 3. The summed E-state index contributed by atoms with van der Waals surface area (Å²) >= 11 is 1.45. The lowest BCUT2D eigenvalue weighted by Gasteiger charge is -2.15. The van der Waals surface area contributed by atoms with Crippen molar-refractivity contribution < 1.29 is 9.90 Å². The number of carbonyl (C=O) groups excluding carboxylic acids is 1. The van der Waals surface area contributed by atoms with Gasteiger partial charge in [-0.05, 0) is 6.07 Å². The molecule has 0 aliphatic carbocycles. The van der Waals surface area contributed by atoms with E-state index in [1.54, 1.807) is 0 Å². The fourth-order valence-electron chi connectivity index (χ4n) is 1.29. The summed E-state index contributed by atoms with van der Waals surface area (Å²) in [6.45, 7) is 0. The summed E-state index contributed by atoms with van der Waals surface area (Å²) < 4.78 is 0. The molecule has 1 aliphatic rings. The van der Waals surface area contributed by atoms with Crippen LogP contribution < -0.4 is 0 Å². The Bertz CT molecular complexity index is 382. The average Bonchev–Trinajstić information content (AvgIpc) is 2.18. The number of hydrogen-bond donors (Lipinski definition) is 1. The van der Waals surface area contributed by atoms with Crippen LogP contribution in [0.2, 0.25) is 0 Å². The SMILES string of the molecule is O=C1CC(=CO)Sc2ccccc21. The molecule has 0 bridgehead atoms. The number of ketones is 1. The standard InChI is InChI=1S/C10H8O2S/c11-6-7-5-9(12)8-3-1-2-4-10(8)13-7/h1-4,6,11H,5H2. The topological polar surface area (TPSA) is 37.3 Å². The van der Waals surface area contributed by atoms with E-state index in [9.17, 15) is 4.79 Å². The first-order valence-corrected chi connectivity index (χ1v) is 4.76. The van der Waals surface area contributed by atoms with Crippen LogP contribution in [-0.2, 0) is 0 Å². The van der Waals surface area contributed by atoms with Gasteiger partial charge in [0.15, 0.2) is 5.78 Å². The number of Topliss-reactive ketones (excluding diaryl/α,β-unsaturated/α-hetero) is 1. The molecule has 0 amide bonds. The third-order valence-electron chi connectivity index (χ3n) is 1.91. The van der Waals surface area contributed by atoms with E-state index in [4.69, 9.17) is 5.11 Å². The quantitative estimate of drug-likeness (QED) is 0.642. The first-order valence-electron chi connectivity index (χ1n) is 3.94. The number of allylic oxidation sites excluding steroid dienone is 1. The van der Waals surface area contributed by atoms with E-state index in [1.807, 2.05) is 24.3 Å². The highest BCUT2D eigenvalue weighted by Gasteiger charge is 2.20. The van der Waals surface area contributed by atoms with Crippen molar-refractivity contribution in [2.75, 3.05) is 0 Å². The second kappa shape index (κ2) is 3.26. The molecule has 2 rings (SSSR count). The van der Waals surface area contributed by atoms with Crippen molar-refractivity contribution in [3.8, 4) is 0 Å². The fourth-order valence-corrected chi connectivity index (χ4v) is 2.27. The summed E-state index contributed by atoms with van der Waals surface area (Å²) in [6, 6.07) is 7.45. The number of aliphatic hydroxyl groups excluding tert-OH is 1. The summed E-state index contributed by atoms with van der Waals surface area (Å²) in [5.74, 6) is 0.0784. The highest BCUT2D eigenvalue weighted by Crippen LogP contribution is 2.37. The van der Waals surface area contributed by atoms with Crippen LogP contribution in [0, 0.1) is 0 Å². The summed E-state index contributed by atoms with van der Waals surface area (Å²) in [4.78, 5) is 13.1. The second-order valence-corrected chi connectivity index (χ2v) is 3.96. The van der Waals surface area contributed by atoms with Gasteiger partial charge < -0.3 is 5.11 Å². The van der Waals surface area contributed by atoms with E-state index in [0.717, 1.165) is 16.7 Å². The molecular formula is C10H8O2S. The molecule has 0 spiro atoms. The molecule has 1 aromatic rings. The average molecular weight is 192 g/mol. The lowest BCUT2D eigenvalue weighted by atomic mass is 10.1. The van der Waals surface area contributed by atoms with E-state index in [1.165, 1.54) is 11.8 Å². The van der Waals surface area contributed by atoms with Crippen molar-refractivity contribution in [2.45, 2.75) is 11.3 Å². The highest BCUT2D eigenvalue weighted by atomic mass is 32.2. The Morgan fingerprint density at radius 1 is 1.38 bits per heavy atom. The molecule has 0 unspecified atom stereocenters. The molecule has 3 heteroatoms. The Labute approximate surface area is 80.3 Å². The van der Waals surface area contributed by atoms with E-state index < -0.39 is 0 Å². The van der Waals surface area contributed by atoms with Crippen molar-refractivity contribution >= 4 is 17.5 Å². The smallest absolute Gasteiger partial charge is 0.169 e. The normalized spacial score (nSPS) is 18.8. The van der Waals surface area contributed by atoms with E-state index in [0.29, 0.717) is 11.3 Å². The maximum absolute atomic E-state index is 11.5. The van der Waals surface area contributed by atoms with Crippen LogP contribution in [0.15, 0.2) is 40.3 Å². The van der Waals surface area contributed by atoms with Gasteiger partial charge in [-0.1, -0.05) is 30.0 Å². The number of carbonyl (C=O) groups is 1. The summed E-state index contributed by atoms with van der Waals surface area (Å²) in [5, 5.41) is 8.80. The molecule has 1 N–H and O–H groups in total. The molecule has 66 valence electrons. The zero-order valence-electron chi connectivity index (χ0n) is 6.86. The van der Waals surface area contributed by atoms with Crippen molar-refractivity contribution in [3.05, 3.63) is 41.0 Å².